The van der Waals surface area contributed by atoms with E-state index < -0.39 is 18.4 Å². The van der Waals surface area contributed by atoms with Gasteiger partial charge in [-0.2, -0.15) is 0 Å². The Kier molecular flexibility index (Phi) is 7.45. The molecule has 2 aromatic rings. The first-order chi connectivity index (χ1) is 12.4. The van der Waals surface area contributed by atoms with Gasteiger partial charge in [-0.3, -0.25) is 14.4 Å². The van der Waals surface area contributed by atoms with E-state index in [1.807, 2.05) is 0 Å². The number of esters is 1. The number of ether oxygens (including phenoxy) is 1. The molecule has 1 amide bonds. The van der Waals surface area contributed by atoms with Crippen LogP contribution >= 0.6 is 34.8 Å². The van der Waals surface area contributed by atoms with Crippen molar-refractivity contribution in [2.45, 2.75) is 12.8 Å². The van der Waals surface area contributed by atoms with Crippen molar-refractivity contribution in [2.24, 2.45) is 0 Å². The lowest BCUT2D eigenvalue weighted by Gasteiger charge is -2.07. The fourth-order valence-corrected chi connectivity index (χ4v) is 2.44. The zero-order valence-electron chi connectivity index (χ0n) is 13.4. The van der Waals surface area contributed by atoms with Gasteiger partial charge < -0.3 is 10.1 Å². The van der Waals surface area contributed by atoms with E-state index in [1.165, 1.54) is 18.2 Å². The lowest BCUT2D eigenvalue weighted by molar-refractivity contribution is -0.143. The van der Waals surface area contributed by atoms with E-state index in [0.29, 0.717) is 15.7 Å². The molecule has 136 valence electrons. The summed E-state index contributed by atoms with van der Waals surface area (Å²) in [6.07, 6.45) is -0.254. The van der Waals surface area contributed by atoms with Crippen molar-refractivity contribution < 1.29 is 19.1 Å². The monoisotopic (exact) mass is 413 g/mol. The second-order valence-electron chi connectivity index (χ2n) is 5.24. The maximum atomic E-state index is 12.0. The second kappa shape index (κ2) is 9.57. The number of carbonyl (C=O) groups is 3. The van der Waals surface area contributed by atoms with E-state index >= 15 is 0 Å². The molecule has 0 unspecified atom stereocenters. The first-order valence-corrected chi connectivity index (χ1v) is 8.68. The summed E-state index contributed by atoms with van der Waals surface area (Å²) >= 11 is 17.5. The van der Waals surface area contributed by atoms with Gasteiger partial charge in [0.1, 0.15) is 0 Å². The molecule has 0 aliphatic heterocycles. The standard InChI is InChI=1S/C18H14Cl3NO4/c19-12-6-5-11(9-14(12)21)16(23)10-26-18(25)8-7-17(24)22-15-4-2-1-3-13(15)20/h1-6,9H,7-8,10H2,(H,22,24). The van der Waals surface area contributed by atoms with Gasteiger partial charge in [0.25, 0.3) is 0 Å². The molecule has 0 aliphatic rings. The Labute approximate surface area is 165 Å². The summed E-state index contributed by atoms with van der Waals surface area (Å²) in [7, 11) is 0. The van der Waals surface area contributed by atoms with Crippen molar-refractivity contribution in [3.63, 3.8) is 0 Å². The highest BCUT2D eigenvalue weighted by molar-refractivity contribution is 6.42. The Morgan fingerprint density at radius 3 is 2.31 bits per heavy atom. The molecule has 0 atom stereocenters. The lowest BCUT2D eigenvalue weighted by atomic mass is 10.1. The summed E-state index contributed by atoms with van der Waals surface area (Å²) in [5, 5.41) is 3.55. The molecular formula is C18H14Cl3NO4. The molecule has 0 fully saturated rings. The normalized spacial score (nSPS) is 10.3. The topological polar surface area (TPSA) is 72.5 Å². The lowest BCUT2D eigenvalue weighted by Crippen LogP contribution is -2.17. The first-order valence-electron chi connectivity index (χ1n) is 7.55. The molecular weight excluding hydrogens is 401 g/mol. The molecule has 0 heterocycles. The van der Waals surface area contributed by atoms with Gasteiger partial charge in [0, 0.05) is 12.0 Å². The quantitative estimate of drug-likeness (QED) is 0.522. The van der Waals surface area contributed by atoms with E-state index in [9.17, 15) is 14.4 Å². The van der Waals surface area contributed by atoms with Gasteiger partial charge in [0.05, 0.1) is 27.2 Å². The minimum absolute atomic E-state index is 0.0922. The van der Waals surface area contributed by atoms with Crippen LogP contribution in [-0.4, -0.2) is 24.3 Å². The summed E-state index contributed by atoms with van der Waals surface area (Å²) in [5.41, 5.74) is 0.742. The molecule has 0 aromatic heterocycles. The molecule has 26 heavy (non-hydrogen) atoms. The van der Waals surface area contributed by atoms with Crippen LogP contribution in [0.4, 0.5) is 5.69 Å². The molecule has 5 nitrogen and oxygen atoms in total. The second-order valence-corrected chi connectivity index (χ2v) is 6.46. The number of Topliss-reactive ketones (excluding diaryl/α,β-unsaturated/α-hetero) is 1. The summed E-state index contributed by atoms with van der Waals surface area (Å²) in [5.74, 6) is -1.46. The number of hydrogen-bond donors (Lipinski definition) is 1. The molecule has 0 radical (unpaired) electrons. The number of carbonyl (C=O) groups excluding carboxylic acids is 3. The zero-order chi connectivity index (χ0) is 19.1. The van der Waals surface area contributed by atoms with E-state index in [1.54, 1.807) is 24.3 Å². The highest BCUT2D eigenvalue weighted by Gasteiger charge is 2.13. The molecule has 2 aromatic carbocycles. The Hall–Kier alpha value is -2.08. The summed E-state index contributed by atoms with van der Waals surface area (Å²) < 4.78 is 4.88. The fraction of sp³-hybridized carbons (Fsp3) is 0.167. The molecule has 0 bridgehead atoms. The first kappa shape index (κ1) is 20.2. The minimum Gasteiger partial charge on any atom is -0.457 e. The minimum atomic E-state index is -0.660. The van der Waals surface area contributed by atoms with Crippen LogP contribution in [0.2, 0.25) is 15.1 Å². The summed E-state index contributed by atoms with van der Waals surface area (Å²) in [6, 6.07) is 11.1. The zero-order valence-corrected chi connectivity index (χ0v) is 15.7. The molecule has 0 aliphatic carbocycles. The number of anilines is 1. The predicted octanol–water partition coefficient (Wildman–Crippen LogP) is 4.79. The van der Waals surface area contributed by atoms with Crippen LogP contribution in [0.5, 0.6) is 0 Å². The summed E-state index contributed by atoms with van der Waals surface area (Å²) in [6.45, 7) is -0.442. The van der Waals surface area contributed by atoms with Crippen molar-refractivity contribution in [2.75, 3.05) is 11.9 Å². The molecule has 0 saturated heterocycles. The van der Waals surface area contributed by atoms with Gasteiger partial charge >= 0.3 is 5.97 Å². The summed E-state index contributed by atoms with van der Waals surface area (Å²) in [4.78, 5) is 35.5. The van der Waals surface area contributed by atoms with Crippen LogP contribution in [0.1, 0.15) is 23.2 Å². The van der Waals surface area contributed by atoms with Gasteiger partial charge in [-0.05, 0) is 30.3 Å². The number of ketones is 1. The number of amides is 1. The van der Waals surface area contributed by atoms with Crippen molar-refractivity contribution in [1.29, 1.82) is 0 Å². The van der Waals surface area contributed by atoms with Crippen LogP contribution < -0.4 is 5.32 Å². The molecule has 2 rings (SSSR count). The Bertz CT molecular complexity index is 839. The maximum absolute atomic E-state index is 12.0. The third kappa shape index (κ3) is 6.02. The van der Waals surface area contributed by atoms with Crippen molar-refractivity contribution in [3.05, 3.63) is 63.1 Å². The highest BCUT2D eigenvalue weighted by Crippen LogP contribution is 2.23. The smallest absolute Gasteiger partial charge is 0.306 e. The molecule has 0 spiro atoms. The van der Waals surface area contributed by atoms with Crippen molar-refractivity contribution in [1.82, 2.24) is 0 Å². The number of halogens is 3. The van der Waals surface area contributed by atoms with Gasteiger partial charge in [0.2, 0.25) is 5.91 Å². The number of nitrogens with one attached hydrogen (secondary N) is 1. The van der Waals surface area contributed by atoms with Crippen LogP contribution in [-0.2, 0) is 14.3 Å². The maximum Gasteiger partial charge on any atom is 0.306 e. The SMILES string of the molecule is O=C(CCC(=O)OCC(=O)c1ccc(Cl)c(Cl)c1)Nc1ccccc1Cl. The van der Waals surface area contributed by atoms with Crippen LogP contribution in [0, 0.1) is 0 Å². The number of benzene rings is 2. The van der Waals surface area contributed by atoms with Crippen molar-refractivity contribution in [3.8, 4) is 0 Å². The van der Waals surface area contributed by atoms with Crippen LogP contribution in [0.3, 0.4) is 0 Å². The van der Waals surface area contributed by atoms with E-state index in [4.69, 9.17) is 39.5 Å². The van der Waals surface area contributed by atoms with Gasteiger partial charge in [-0.25, -0.2) is 0 Å². The Balaban J connectivity index is 1.76. The number of para-hydroxylation sites is 1. The fourth-order valence-electron chi connectivity index (χ4n) is 1.96. The van der Waals surface area contributed by atoms with E-state index in [2.05, 4.69) is 5.32 Å². The van der Waals surface area contributed by atoms with Crippen molar-refractivity contribution >= 4 is 58.1 Å². The predicted molar refractivity (Wildman–Crippen MR) is 101 cm³/mol. The Morgan fingerprint density at radius 1 is 0.885 bits per heavy atom. The van der Waals surface area contributed by atoms with Crippen LogP contribution in [0.15, 0.2) is 42.5 Å². The third-order valence-corrected chi connectivity index (χ3v) is 4.38. The highest BCUT2D eigenvalue weighted by atomic mass is 35.5. The van der Waals surface area contributed by atoms with E-state index in [0.717, 1.165) is 0 Å². The average Bonchev–Trinajstić information content (AvgIpc) is 2.62. The molecule has 1 N–H and O–H groups in total. The van der Waals surface area contributed by atoms with Gasteiger partial charge in [0.15, 0.2) is 12.4 Å². The van der Waals surface area contributed by atoms with Gasteiger partial charge in [-0.1, -0.05) is 46.9 Å². The third-order valence-electron chi connectivity index (χ3n) is 3.31. The number of rotatable bonds is 7. The molecule has 0 saturated carbocycles. The number of hydrogen-bond acceptors (Lipinski definition) is 4. The molecule has 8 heteroatoms. The average molecular weight is 415 g/mol. The largest absolute Gasteiger partial charge is 0.457 e. The van der Waals surface area contributed by atoms with Crippen LogP contribution in [0.25, 0.3) is 0 Å². The Morgan fingerprint density at radius 2 is 1.62 bits per heavy atom. The van der Waals surface area contributed by atoms with Gasteiger partial charge in [-0.15, -0.1) is 0 Å². The van der Waals surface area contributed by atoms with E-state index in [-0.39, 0.29) is 29.3 Å².